The standard InChI is InChI=1S/C22H26N4O8S/c1-5-23-22(35)25-24-17-14-8-6-7-9-15(14)26(20(17)30)21-19(33-13(4)29)18(32-12(3)28)16(34-21)10-31-11(2)27/h6-9,16,18-19,21,30H,5,10H2,1-4H3,(H,23,35)/t16-,18-,19-,21-/m1/s1. The van der Waals surface area contributed by atoms with Gasteiger partial charge in [0.25, 0.3) is 0 Å². The average Bonchev–Trinajstić information content (AvgIpc) is 3.24. The molecular weight excluding hydrogens is 480 g/mol. The molecule has 2 aromatic rings. The van der Waals surface area contributed by atoms with Gasteiger partial charge >= 0.3 is 17.9 Å². The van der Waals surface area contributed by atoms with Crippen LogP contribution in [0.5, 0.6) is 5.88 Å². The van der Waals surface area contributed by atoms with Gasteiger partial charge in [0.1, 0.15) is 12.7 Å². The molecule has 0 amide bonds. The average molecular weight is 507 g/mol. The number of azo groups is 1. The van der Waals surface area contributed by atoms with E-state index in [0.29, 0.717) is 17.4 Å². The molecule has 13 heteroatoms. The number of carbonyl (C=O) groups excluding carboxylic acids is 3. The first-order valence-electron chi connectivity index (χ1n) is 10.8. The van der Waals surface area contributed by atoms with Crippen LogP contribution in [0.25, 0.3) is 10.9 Å². The second-order valence-electron chi connectivity index (χ2n) is 7.61. The zero-order valence-electron chi connectivity index (χ0n) is 19.6. The summed E-state index contributed by atoms with van der Waals surface area (Å²) < 4.78 is 23.3. The van der Waals surface area contributed by atoms with Gasteiger partial charge in [-0.15, -0.1) is 10.2 Å². The predicted octanol–water partition coefficient (Wildman–Crippen LogP) is 2.65. The predicted molar refractivity (Wildman–Crippen MR) is 126 cm³/mol. The van der Waals surface area contributed by atoms with E-state index in [1.54, 1.807) is 24.3 Å². The third-order valence-corrected chi connectivity index (χ3v) is 5.25. The molecule has 1 fully saturated rings. The molecule has 188 valence electrons. The minimum atomic E-state index is -1.17. The lowest BCUT2D eigenvalue weighted by atomic mass is 10.1. The summed E-state index contributed by atoms with van der Waals surface area (Å²) in [5.74, 6) is -2.24. The Morgan fingerprint density at radius 1 is 1.11 bits per heavy atom. The topological polar surface area (TPSA) is 150 Å². The Morgan fingerprint density at radius 2 is 1.77 bits per heavy atom. The van der Waals surface area contributed by atoms with Crippen molar-refractivity contribution < 1.29 is 38.4 Å². The van der Waals surface area contributed by atoms with Crippen LogP contribution in [0.15, 0.2) is 34.5 Å². The first-order chi connectivity index (χ1) is 16.6. The number of aromatic nitrogens is 1. The number of fused-ring (bicyclic) bond motifs is 1. The molecule has 3 rings (SSSR count). The van der Waals surface area contributed by atoms with Crippen molar-refractivity contribution in [2.45, 2.75) is 52.2 Å². The number of aromatic hydroxyl groups is 1. The number of esters is 3. The highest BCUT2D eigenvalue weighted by atomic mass is 32.1. The molecule has 0 aliphatic carbocycles. The highest BCUT2D eigenvalue weighted by molar-refractivity contribution is 7.80. The smallest absolute Gasteiger partial charge is 0.303 e. The van der Waals surface area contributed by atoms with E-state index in [-0.39, 0.29) is 23.3 Å². The number of thiocarbonyl (C=S) groups is 1. The molecule has 1 aliphatic heterocycles. The first kappa shape index (κ1) is 26.0. The molecule has 0 bridgehead atoms. The summed E-state index contributed by atoms with van der Waals surface area (Å²) in [6.07, 6.45) is -4.43. The van der Waals surface area contributed by atoms with E-state index in [1.807, 2.05) is 6.92 Å². The molecule has 2 heterocycles. The molecule has 35 heavy (non-hydrogen) atoms. The summed E-state index contributed by atoms with van der Waals surface area (Å²) >= 11 is 5.09. The maximum Gasteiger partial charge on any atom is 0.303 e. The summed E-state index contributed by atoms with van der Waals surface area (Å²) in [4.78, 5) is 35.2. The van der Waals surface area contributed by atoms with Gasteiger partial charge < -0.3 is 29.4 Å². The van der Waals surface area contributed by atoms with Gasteiger partial charge in [-0.3, -0.25) is 19.0 Å². The van der Waals surface area contributed by atoms with Crippen LogP contribution >= 0.6 is 12.2 Å². The number of para-hydroxylation sites is 1. The van der Waals surface area contributed by atoms with Crippen molar-refractivity contribution in [3.63, 3.8) is 0 Å². The van der Waals surface area contributed by atoms with Crippen LogP contribution in [-0.2, 0) is 33.3 Å². The quantitative estimate of drug-likeness (QED) is 0.248. The van der Waals surface area contributed by atoms with E-state index in [9.17, 15) is 19.5 Å². The molecule has 1 saturated heterocycles. The van der Waals surface area contributed by atoms with Crippen molar-refractivity contribution in [3.8, 4) is 5.88 Å². The molecule has 0 saturated carbocycles. The van der Waals surface area contributed by atoms with Gasteiger partial charge in [-0.1, -0.05) is 18.2 Å². The van der Waals surface area contributed by atoms with E-state index in [4.69, 9.17) is 31.2 Å². The lowest BCUT2D eigenvalue weighted by Gasteiger charge is -2.24. The lowest BCUT2D eigenvalue weighted by Crippen LogP contribution is -2.40. The lowest BCUT2D eigenvalue weighted by molar-refractivity contribution is -0.166. The normalized spacial score (nSPS) is 21.7. The number of hydrogen-bond acceptors (Lipinski definition) is 10. The van der Waals surface area contributed by atoms with Gasteiger partial charge in [-0.2, -0.15) is 0 Å². The second-order valence-corrected chi connectivity index (χ2v) is 8.00. The van der Waals surface area contributed by atoms with Crippen LogP contribution < -0.4 is 5.32 Å². The van der Waals surface area contributed by atoms with Crippen molar-refractivity contribution in [2.24, 2.45) is 10.2 Å². The number of carbonyl (C=O) groups is 3. The van der Waals surface area contributed by atoms with Gasteiger partial charge in [0.2, 0.25) is 11.0 Å². The SMILES string of the molecule is CCNC(=S)N=Nc1c(O)n([C@@H]2O[C@H](COC(C)=O)[C@@H](OC(C)=O)[C@H]2OC(C)=O)c2ccccc12. The highest BCUT2D eigenvalue weighted by Gasteiger charge is 2.51. The summed E-state index contributed by atoms with van der Waals surface area (Å²) in [6, 6.07) is 6.90. The summed E-state index contributed by atoms with van der Waals surface area (Å²) in [5.41, 5.74) is 0.587. The summed E-state index contributed by atoms with van der Waals surface area (Å²) in [7, 11) is 0. The fourth-order valence-electron chi connectivity index (χ4n) is 3.77. The third-order valence-electron chi connectivity index (χ3n) is 5.02. The van der Waals surface area contributed by atoms with Crippen LogP contribution in [0.2, 0.25) is 0 Å². The Labute approximate surface area is 206 Å². The van der Waals surface area contributed by atoms with Crippen LogP contribution in [0.3, 0.4) is 0 Å². The van der Waals surface area contributed by atoms with Crippen molar-refractivity contribution in [3.05, 3.63) is 24.3 Å². The van der Waals surface area contributed by atoms with Crippen LogP contribution in [-0.4, -0.2) is 64.2 Å². The fraction of sp³-hybridized carbons (Fsp3) is 0.455. The Kier molecular flexibility index (Phi) is 8.35. The molecule has 1 aromatic carbocycles. The van der Waals surface area contributed by atoms with Gasteiger partial charge in [-0.25, -0.2) is 0 Å². The molecule has 4 atom stereocenters. The minimum Gasteiger partial charge on any atom is -0.493 e. The number of rotatable bonds is 7. The van der Waals surface area contributed by atoms with Crippen molar-refractivity contribution in [1.29, 1.82) is 0 Å². The van der Waals surface area contributed by atoms with Gasteiger partial charge in [0.05, 0.1) is 5.52 Å². The molecule has 1 aromatic heterocycles. The second kappa shape index (κ2) is 11.2. The maximum atomic E-state index is 11.9. The number of nitrogens with one attached hydrogen (secondary N) is 1. The van der Waals surface area contributed by atoms with Gasteiger partial charge in [0.15, 0.2) is 24.1 Å². The first-order valence-corrected chi connectivity index (χ1v) is 11.2. The number of nitrogens with zero attached hydrogens (tertiary/aromatic N) is 3. The molecule has 1 aliphatic rings. The molecule has 2 N–H and O–H groups in total. The number of ether oxygens (including phenoxy) is 4. The third kappa shape index (κ3) is 5.92. The molecule has 0 unspecified atom stereocenters. The van der Waals surface area contributed by atoms with Crippen LogP contribution in [0, 0.1) is 0 Å². The van der Waals surface area contributed by atoms with Crippen molar-refractivity contribution in [1.82, 2.24) is 9.88 Å². The Hall–Kier alpha value is -3.58. The van der Waals surface area contributed by atoms with Crippen LogP contribution in [0.1, 0.15) is 33.9 Å². The zero-order chi connectivity index (χ0) is 25.7. The molecule has 0 spiro atoms. The zero-order valence-corrected chi connectivity index (χ0v) is 20.4. The number of benzene rings is 1. The van der Waals surface area contributed by atoms with Crippen molar-refractivity contribution >= 4 is 51.8 Å². The van der Waals surface area contributed by atoms with E-state index >= 15 is 0 Å². The Morgan fingerprint density at radius 3 is 2.40 bits per heavy atom. The van der Waals surface area contributed by atoms with Crippen molar-refractivity contribution in [2.75, 3.05) is 13.2 Å². The number of hydrogen-bond donors (Lipinski definition) is 2. The maximum absolute atomic E-state index is 11.9. The van der Waals surface area contributed by atoms with Gasteiger partial charge in [-0.05, 0) is 25.2 Å². The molecular formula is C22H26N4O8S. The largest absolute Gasteiger partial charge is 0.493 e. The minimum absolute atomic E-state index is 0.110. The van der Waals surface area contributed by atoms with E-state index in [2.05, 4.69) is 15.5 Å². The molecule has 12 nitrogen and oxygen atoms in total. The Bertz CT molecular complexity index is 1160. The monoisotopic (exact) mass is 506 g/mol. The van der Waals surface area contributed by atoms with Crippen LogP contribution in [0.4, 0.5) is 5.69 Å². The Balaban J connectivity index is 2.12. The fourth-order valence-corrected chi connectivity index (χ4v) is 3.96. The van der Waals surface area contributed by atoms with E-state index < -0.39 is 42.4 Å². The highest BCUT2D eigenvalue weighted by Crippen LogP contribution is 2.45. The molecule has 0 radical (unpaired) electrons. The van der Waals surface area contributed by atoms with E-state index in [0.717, 1.165) is 0 Å². The summed E-state index contributed by atoms with van der Waals surface area (Å²) in [6.45, 7) is 5.73. The summed E-state index contributed by atoms with van der Waals surface area (Å²) in [5, 5.41) is 22.7. The van der Waals surface area contributed by atoms with E-state index in [1.165, 1.54) is 25.3 Å². The van der Waals surface area contributed by atoms with Gasteiger partial charge in [0, 0.05) is 32.7 Å².